The predicted molar refractivity (Wildman–Crippen MR) is 83.3 cm³/mol. The number of benzene rings is 1. The molecule has 2 fully saturated rings. The molecule has 1 atom stereocenters. The molecule has 1 aromatic rings. The van der Waals surface area contributed by atoms with Crippen molar-refractivity contribution in [2.24, 2.45) is 0 Å². The van der Waals surface area contributed by atoms with Gasteiger partial charge < -0.3 is 19.5 Å². The zero-order valence-corrected chi connectivity index (χ0v) is 13.1. The van der Waals surface area contributed by atoms with Crippen LogP contribution < -0.4 is 9.47 Å². The van der Waals surface area contributed by atoms with E-state index in [4.69, 9.17) is 9.47 Å². The molecule has 1 N–H and O–H groups in total. The first-order valence-electron chi connectivity index (χ1n) is 8.29. The number of rotatable bonds is 4. The van der Waals surface area contributed by atoms with Gasteiger partial charge in [-0.05, 0) is 18.6 Å². The minimum absolute atomic E-state index is 0.153. The van der Waals surface area contributed by atoms with E-state index in [9.17, 15) is 9.90 Å². The fourth-order valence-electron chi connectivity index (χ4n) is 3.70. The molecule has 2 saturated heterocycles. The lowest BCUT2D eigenvalue weighted by Crippen LogP contribution is -2.44. The lowest BCUT2D eigenvalue weighted by Gasteiger charge is -2.26. The Kier molecular flexibility index (Phi) is 3.66. The highest BCUT2D eigenvalue weighted by Gasteiger charge is 2.47. The SMILES string of the molecule is O=C1CCCN1CC(O)CN1CCC2(C1)Oc1ccccc1O2. The number of likely N-dealkylation sites (tertiary alicyclic amines) is 2. The van der Waals surface area contributed by atoms with Crippen LogP contribution >= 0.6 is 0 Å². The number of para-hydroxylation sites is 2. The van der Waals surface area contributed by atoms with Crippen molar-refractivity contribution in [3.05, 3.63) is 24.3 Å². The second kappa shape index (κ2) is 5.69. The lowest BCUT2D eigenvalue weighted by molar-refractivity contribution is -0.129. The van der Waals surface area contributed by atoms with Gasteiger partial charge in [-0.15, -0.1) is 0 Å². The van der Waals surface area contributed by atoms with Gasteiger partial charge in [-0.2, -0.15) is 0 Å². The van der Waals surface area contributed by atoms with Crippen LogP contribution in [0.1, 0.15) is 19.3 Å². The van der Waals surface area contributed by atoms with Gasteiger partial charge in [0, 0.05) is 39.0 Å². The average molecular weight is 318 g/mol. The third-order valence-electron chi connectivity index (χ3n) is 4.79. The number of aliphatic hydroxyl groups excluding tert-OH is 1. The van der Waals surface area contributed by atoms with Crippen molar-refractivity contribution in [3.63, 3.8) is 0 Å². The lowest BCUT2D eigenvalue weighted by atomic mass is 10.2. The van der Waals surface area contributed by atoms with Crippen molar-refractivity contribution in [2.75, 3.05) is 32.7 Å². The molecule has 0 bridgehead atoms. The zero-order chi connectivity index (χ0) is 15.9. The van der Waals surface area contributed by atoms with Crippen molar-refractivity contribution in [2.45, 2.75) is 31.2 Å². The molecule has 4 rings (SSSR count). The summed E-state index contributed by atoms with van der Waals surface area (Å²) in [4.78, 5) is 15.5. The fourth-order valence-corrected chi connectivity index (χ4v) is 3.70. The Balaban J connectivity index is 1.32. The number of aliphatic hydroxyl groups is 1. The molecule has 1 spiro atoms. The van der Waals surface area contributed by atoms with E-state index in [1.807, 2.05) is 24.3 Å². The first-order valence-corrected chi connectivity index (χ1v) is 8.29. The monoisotopic (exact) mass is 318 g/mol. The van der Waals surface area contributed by atoms with E-state index < -0.39 is 11.9 Å². The van der Waals surface area contributed by atoms with E-state index >= 15 is 0 Å². The summed E-state index contributed by atoms with van der Waals surface area (Å²) in [6.07, 6.45) is 1.76. The summed E-state index contributed by atoms with van der Waals surface area (Å²) in [5.41, 5.74) is 0. The zero-order valence-electron chi connectivity index (χ0n) is 13.1. The standard InChI is InChI=1S/C17H22N2O4/c20-13(11-19-8-3-6-16(19)21)10-18-9-7-17(12-18)22-14-4-1-2-5-15(14)23-17/h1-2,4-5,13,20H,3,6-12H2. The number of hydrogen-bond donors (Lipinski definition) is 1. The first-order chi connectivity index (χ1) is 11.1. The number of carbonyl (C=O) groups excluding carboxylic acids is 1. The molecule has 6 heteroatoms. The quantitative estimate of drug-likeness (QED) is 0.891. The third kappa shape index (κ3) is 2.88. The summed E-state index contributed by atoms with van der Waals surface area (Å²) < 4.78 is 12.0. The number of hydrogen-bond acceptors (Lipinski definition) is 5. The van der Waals surface area contributed by atoms with Crippen LogP contribution in [0.5, 0.6) is 11.5 Å². The highest BCUT2D eigenvalue weighted by atomic mass is 16.7. The maximum Gasteiger partial charge on any atom is 0.265 e. The van der Waals surface area contributed by atoms with Crippen LogP contribution in [0.15, 0.2) is 24.3 Å². The van der Waals surface area contributed by atoms with Gasteiger partial charge in [-0.25, -0.2) is 0 Å². The molecule has 0 saturated carbocycles. The number of nitrogens with zero attached hydrogens (tertiary/aromatic N) is 2. The highest BCUT2D eigenvalue weighted by molar-refractivity contribution is 5.78. The number of fused-ring (bicyclic) bond motifs is 1. The molecule has 0 radical (unpaired) electrons. The van der Waals surface area contributed by atoms with E-state index in [1.54, 1.807) is 4.90 Å². The average Bonchev–Trinajstić information content (AvgIpc) is 3.19. The second-order valence-corrected chi connectivity index (χ2v) is 6.64. The molecule has 3 aliphatic heterocycles. The third-order valence-corrected chi connectivity index (χ3v) is 4.79. The topological polar surface area (TPSA) is 62.2 Å². The summed E-state index contributed by atoms with van der Waals surface area (Å²) in [5.74, 6) is 1.11. The summed E-state index contributed by atoms with van der Waals surface area (Å²) in [6.45, 7) is 3.17. The molecule has 124 valence electrons. The molecule has 0 aliphatic carbocycles. The van der Waals surface area contributed by atoms with Crippen LogP contribution in [0.2, 0.25) is 0 Å². The van der Waals surface area contributed by atoms with Gasteiger partial charge in [0.2, 0.25) is 5.91 Å². The fraction of sp³-hybridized carbons (Fsp3) is 0.588. The van der Waals surface area contributed by atoms with Crippen LogP contribution in [-0.2, 0) is 4.79 Å². The van der Waals surface area contributed by atoms with Gasteiger partial charge in [0.25, 0.3) is 5.79 Å². The second-order valence-electron chi connectivity index (χ2n) is 6.64. The van der Waals surface area contributed by atoms with Crippen molar-refractivity contribution in [1.29, 1.82) is 0 Å². The largest absolute Gasteiger partial charge is 0.447 e. The van der Waals surface area contributed by atoms with Gasteiger partial charge in [-0.3, -0.25) is 9.69 Å². The van der Waals surface area contributed by atoms with Gasteiger partial charge in [0.1, 0.15) is 0 Å². The smallest absolute Gasteiger partial charge is 0.265 e. The van der Waals surface area contributed by atoms with Crippen LogP contribution in [0, 0.1) is 0 Å². The van der Waals surface area contributed by atoms with Gasteiger partial charge in [0.15, 0.2) is 11.5 Å². The normalized spacial score (nSPS) is 23.9. The summed E-state index contributed by atoms with van der Waals surface area (Å²) in [7, 11) is 0. The van der Waals surface area contributed by atoms with E-state index in [-0.39, 0.29) is 5.91 Å². The molecule has 1 amide bonds. The molecule has 1 unspecified atom stereocenters. The maximum absolute atomic E-state index is 11.6. The minimum atomic E-state index is -0.618. The molecular weight excluding hydrogens is 296 g/mol. The van der Waals surface area contributed by atoms with Crippen LogP contribution in [0.25, 0.3) is 0 Å². The van der Waals surface area contributed by atoms with Crippen LogP contribution in [-0.4, -0.2) is 65.4 Å². The summed E-state index contributed by atoms with van der Waals surface area (Å²) >= 11 is 0. The van der Waals surface area contributed by atoms with E-state index in [2.05, 4.69) is 4.90 Å². The maximum atomic E-state index is 11.6. The molecular formula is C17H22N2O4. The van der Waals surface area contributed by atoms with Crippen LogP contribution in [0.4, 0.5) is 0 Å². The van der Waals surface area contributed by atoms with Gasteiger partial charge in [0.05, 0.1) is 12.6 Å². The Bertz CT molecular complexity index is 581. The first kappa shape index (κ1) is 14.8. The number of β-amino-alcohol motifs (C(OH)–C–C–N with tert-alkyl or cyclic N) is 1. The van der Waals surface area contributed by atoms with Crippen molar-refractivity contribution < 1.29 is 19.4 Å². The Morgan fingerprint density at radius 3 is 2.57 bits per heavy atom. The Labute approximate surface area is 135 Å². The molecule has 23 heavy (non-hydrogen) atoms. The molecule has 3 aliphatic rings. The predicted octanol–water partition coefficient (Wildman–Crippen LogP) is 0.843. The van der Waals surface area contributed by atoms with Crippen LogP contribution in [0.3, 0.4) is 0 Å². The number of carbonyl (C=O) groups is 1. The van der Waals surface area contributed by atoms with Crippen molar-refractivity contribution in [1.82, 2.24) is 9.80 Å². The van der Waals surface area contributed by atoms with Crippen molar-refractivity contribution in [3.8, 4) is 11.5 Å². The Morgan fingerprint density at radius 1 is 1.17 bits per heavy atom. The van der Waals surface area contributed by atoms with E-state index in [0.29, 0.717) is 26.1 Å². The van der Waals surface area contributed by atoms with E-state index in [1.165, 1.54) is 0 Å². The molecule has 3 heterocycles. The minimum Gasteiger partial charge on any atom is -0.447 e. The van der Waals surface area contributed by atoms with E-state index in [0.717, 1.165) is 37.4 Å². The summed E-state index contributed by atoms with van der Waals surface area (Å²) in [5, 5.41) is 10.3. The van der Waals surface area contributed by atoms with Gasteiger partial charge in [-0.1, -0.05) is 12.1 Å². The Morgan fingerprint density at radius 2 is 1.91 bits per heavy atom. The highest BCUT2D eigenvalue weighted by Crippen LogP contribution is 2.42. The number of ether oxygens (including phenoxy) is 2. The summed E-state index contributed by atoms with van der Waals surface area (Å²) in [6, 6.07) is 7.71. The molecule has 1 aromatic carbocycles. The van der Waals surface area contributed by atoms with Gasteiger partial charge >= 0.3 is 0 Å². The Hall–Kier alpha value is -1.79. The van der Waals surface area contributed by atoms with Crippen molar-refractivity contribution >= 4 is 5.91 Å². The molecule has 6 nitrogen and oxygen atoms in total. The molecule has 0 aromatic heterocycles. The number of amides is 1.